The second-order valence-corrected chi connectivity index (χ2v) is 5.19. The third-order valence-corrected chi connectivity index (χ3v) is 3.40. The van der Waals surface area contributed by atoms with Crippen LogP contribution in [0.3, 0.4) is 0 Å². The SMILES string of the molecule is CC(=O)c1ccc(NC(=O)Cc2ccc([N+](=O)[O-])cc2[N+](=O)[O-])cc1. The zero-order chi connectivity index (χ0) is 18.6. The quantitative estimate of drug-likeness (QED) is 0.487. The first-order chi connectivity index (χ1) is 11.8. The lowest BCUT2D eigenvalue weighted by atomic mass is 10.1. The van der Waals surface area contributed by atoms with Crippen molar-refractivity contribution >= 4 is 28.8 Å². The molecule has 0 aliphatic rings. The molecule has 1 amide bonds. The van der Waals surface area contributed by atoms with Gasteiger partial charge in [0.2, 0.25) is 5.91 Å². The van der Waals surface area contributed by atoms with Gasteiger partial charge in [0.05, 0.1) is 22.3 Å². The zero-order valence-corrected chi connectivity index (χ0v) is 13.1. The molecule has 0 spiro atoms. The molecule has 0 saturated carbocycles. The molecule has 2 aromatic rings. The fraction of sp³-hybridized carbons (Fsp3) is 0.125. The number of non-ortho nitro benzene ring substituents is 1. The molecule has 0 bridgehead atoms. The number of hydrogen-bond acceptors (Lipinski definition) is 6. The number of rotatable bonds is 6. The van der Waals surface area contributed by atoms with Gasteiger partial charge >= 0.3 is 0 Å². The van der Waals surface area contributed by atoms with Crippen molar-refractivity contribution < 1.29 is 19.4 Å². The van der Waals surface area contributed by atoms with Gasteiger partial charge in [-0.3, -0.25) is 29.8 Å². The Kier molecular flexibility index (Phi) is 5.18. The molecule has 0 aliphatic carbocycles. The maximum absolute atomic E-state index is 12.1. The van der Waals surface area contributed by atoms with Crippen molar-refractivity contribution in [2.75, 3.05) is 5.32 Å². The number of nitrogens with one attached hydrogen (secondary N) is 1. The first-order valence-electron chi connectivity index (χ1n) is 7.10. The van der Waals surface area contributed by atoms with Crippen LogP contribution < -0.4 is 5.32 Å². The summed E-state index contributed by atoms with van der Waals surface area (Å²) in [5.41, 5.74) is 0.0731. The molecule has 0 atom stereocenters. The summed E-state index contributed by atoms with van der Waals surface area (Å²) in [4.78, 5) is 43.5. The van der Waals surface area contributed by atoms with Gasteiger partial charge in [-0.1, -0.05) is 0 Å². The van der Waals surface area contributed by atoms with Crippen LogP contribution in [-0.4, -0.2) is 21.5 Å². The topological polar surface area (TPSA) is 132 Å². The molecule has 9 heteroatoms. The average Bonchev–Trinajstić information content (AvgIpc) is 2.55. The van der Waals surface area contributed by atoms with Crippen LogP contribution in [0.1, 0.15) is 22.8 Å². The van der Waals surface area contributed by atoms with E-state index in [1.807, 2.05) is 0 Å². The predicted molar refractivity (Wildman–Crippen MR) is 88.5 cm³/mol. The minimum Gasteiger partial charge on any atom is -0.326 e. The highest BCUT2D eigenvalue weighted by molar-refractivity contribution is 5.96. The number of anilines is 1. The van der Waals surface area contributed by atoms with Gasteiger partial charge in [-0.25, -0.2) is 0 Å². The van der Waals surface area contributed by atoms with Gasteiger partial charge in [-0.2, -0.15) is 0 Å². The third kappa shape index (κ3) is 4.44. The summed E-state index contributed by atoms with van der Waals surface area (Å²) < 4.78 is 0. The van der Waals surface area contributed by atoms with Crippen LogP contribution in [0.25, 0.3) is 0 Å². The molecular weight excluding hydrogens is 330 g/mol. The van der Waals surface area contributed by atoms with Crippen molar-refractivity contribution in [2.24, 2.45) is 0 Å². The molecule has 0 aliphatic heterocycles. The third-order valence-electron chi connectivity index (χ3n) is 3.40. The lowest BCUT2D eigenvalue weighted by Gasteiger charge is -2.06. The monoisotopic (exact) mass is 343 g/mol. The molecule has 2 aromatic carbocycles. The molecule has 0 radical (unpaired) electrons. The summed E-state index contributed by atoms with van der Waals surface area (Å²) in [5, 5.41) is 24.3. The number of carbonyl (C=O) groups excluding carboxylic acids is 2. The largest absolute Gasteiger partial charge is 0.326 e. The Morgan fingerprint density at radius 2 is 1.64 bits per heavy atom. The number of nitro benzene ring substituents is 2. The summed E-state index contributed by atoms with van der Waals surface area (Å²) in [6.45, 7) is 1.42. The molecule has 9 nitrogen and oxygen atoms in total. The van der Waals surface area contributed by atoms with E-state index in [4.69, 9.17) is 0 Å². The molecule has 0 saturated heterocycles. The van der Waals surface area contributed by atoms with Crippen molar-refractivity contribution in [3.63, 3.8) is 0 Å². The summed E-state index contributed by atoms with van der Waals surface area (Å²) in [6, 6.07) is 9.30. The van der Waals surface area contributed by atoms with Crippen LogP contribution in [-0.2, 0) is 11.2 Å². The van der Waals surface area contributed by atoms with E-state index in [0.29, 0.717) is 11.3 Å². The van der Waals surface area contributed by atoms with E-state index in [2.05, 4.69) is 5.32 Å². The molecule has 0 fully saturated rings. The summed E-state index contributed by atoms with van der Waals surface area (Å²) >= 11 is 0. The van der Waals surface area contributed by atoms with Crippen LogP contribution in [0, 0.1) is 20.2 Å². The van der Waals surface area contributed by atoms with Crippen LogP contribution in [0.15, 0.2) is 42.5 Å². The van der Waals surface area contributed by atoms with Crippen molar-refractivity contribution in [3.05, 3.63) is 73.8 Å². The highest BCUT2D eigenvalue weighted by atomic mass is 16.6. The summed E-state index contributed by atoms with van der Waals surface area (Å²) in [6.07, 6.45) is -0.317. The average molecular weight is 343 g/mol. The van der Waals surface area contributed by atoms with Crippen molar-refractivity contribution in [1.82, 2.24) is 0 Å². The van der Waals surface area contributed by atoms with Gasteiger partial charge < -0.3 is 5.32 Å². The maximum atomic E-state index is 12.1. The van der Waals surface area contributed by atoms with Crippen molar-refractivity contribution in [3.8, 4) is 0 Å². The molecular formula is C16H13N3O6. The highest BCUT2D eigenvalue weighted by Crippen LogP contribution is 2.25. The number of nitro groups is 2. The maximum Gasteiger partial charge on any atom is 0.279 e. The zero-order valence-electron chi connectivity index (χ0n) is 13.1. The number of Topliss-reactive ketones (excluding diaryl/α,β-unsaturated/α-hetero) is 1. The van der Waals surface area contributed by atoms with Gasteiger partial charge in [-0.05, 0) is 37.3 Å². The minimum atomic E-state index is -0.767. The van der Waals surface area contributed by atoms with E-state index in [1.54, 1.807) is 24.3 Å². The van der Waals surface area contributed by atoms with Gasteiger partial charge in [0.1, 0.15) is 0 Å². The van der Waals surface area contributed by atoms with Gasteiger partial charge in [0.15, 0.2) is 5.78 Å². The Morgan fingerprint density at radius 1 is 1.00 bits per heavy atom. The first-order valence-corrected chi connectivity index (χ1v) is 7.10. The van der Waals surface area contributed by atoms with E-state index >= 15 is 0 Å². The van der Waals surface area contributed by atoms with E-state index in [1.165, 1.54) is 13.0 Å². The Bertz CT molecular complexity index is 861. The fourth-order valence-electron chi connectivity index (χ4n) is 2.15. The first kappa shape index (κ1) is 17.7. The van der Waals surface area contributed by atoms with Crippen molar-refractivity contribution in [1.29, 1.82) is 0 Å². The Balaban J connectivity index is 2.15. The Morgan fingerprint density at radius 3 is 2.16 bits per heavy atom. The number of ketones is 1. The summed E-state index contributed by atoms with van der Waals surface area (Å²) in [5.74, 6) is -0.632. The smallest absolute Gasteiger partial charge is 0.279 e. The second kappa shape index (κ2) is 7.30. The van der Waals surface area contributed by atoms with Crippen LogP contribution in [0.4, 0.5) is 17.1 Å². The van der Waals surface area contributed by atoms with E-state index in [9.17, 15) is 29.8 Å². The minimum absolute atomic E-state index is 0.0634. The molecule has 0 unspecified atom stereocenters. The summed E-state index contributed by atoms with van der Waals surface area (Å²) in [7, 11) is 0. The number of carbonyl (C=O) groups is 2. The van der Waals surface area contributed by atoms with E-state index < -0.39 is 27.1 Å². The molecule has 2 rings (SSSR count). The number of amides is 1. The number of hydrogen-bond donors (Lipinski definition) is 1. The van der Waals surface area contributed by atoms with Gasteiger partial charge in [0, 0.05) is 22.9 Å². The van der Waals surface area contributed by atoms with Crippen LogP contribution in [0.2, 0.25) is 0 Å². The fourth-order valence-corrected chi connectivity index (χ4v) is 2.15. The highest BCUT2D eigenvalue weighted by Gasteiger charge is 2.21. The Hall–Kier alpha value is -3.62. The molecule has 128 valence electrons. The van der Waals surface area contributed by atoms with E-state index in [0.717, 1.165) is 12.1 Å². The van der Waals surface area contributed by atoms with Gasteiger partial charge in [-0.15, -0.1) is 0 Å². The van der Waals surface area contributed by atoms with E-state index in [-0.39, 0.29) is 17.8 Å². The standard InChI is InChI=1S/C16H13N3O6/c1-10(20)11-2-5-13(6-3-11)17-16(21)8-12-4-7-14(18(22)23)9-15(12)19(24)25/h2-7,9H,8H2,1H3,(H,17,21). The Labute approximate surface area is 141 Å². The molecule has 25 heavy (non-hydrogen) atoms. The predicted octanol–water partition coefficient (Wildman–Crippen LogP) is 2.89. The number of benzene rings is 2. The molecule has 1 N–H and O–H groups in total. The van der Waals surface area contributed by atoms with Crippen LogP contribution in [0.5, 0.6) is 0 Å². The lowest BCUT2D eigenvalue weighted by molar-refractivity contribution is -0.394. The molecule has 0 aromatic heterocycles. The lowest BCUT2D eigenvalue weighted by Crippen LogP contribution is -2.15. The second-order valence-electron chi connectivity index (χ2n) is 5.19. The van der Waals surface area contributed by atoms with Crippen LogP contribution >= 0.6 is 0 Å². The normalized spacial score (nSPS) is 10.1. The molecule has 0 heterocycles. The van der Waals surface area contributed by atoms with Gasteiger partial charge in [0.25, 0.3) is 11.4 Å². The van der Waals surface area contributed by atoms with Crippen molar-refractivity contribution in [2.45, 2.75) is 13.3 Å². The number of nitrogens with zero attached hydrogens (tertiary/aromatic N) is 2.